The molecule has 3 fully saturated rings. The first-order chi connectivity index (χ1) is 16.4. The van der Waals surface area contributed by atoms with Crippen molar-refractivity contribution in [2.45, 2.75) is 55.5 Å². The molecular formula is C22H20ClF5N4O3. The first-order valence-corrected chi connectivity index (χ1v) is 11.0. The summed E-state index contributed by atoms with van der Waals surface area (Å²) in [5, 5.41) is 5.31. The van der Waals surface area contributed by atoms with Gasteiger partial charge in [-0.05, 0) is 37.8 Å². The van der Waals surface area contributed by atoms with Crippen molar-refractivity contribution in [1.82, 2.24) is 20.6 Å². The van der Waals surface area contributed by atoms with Crippen LogP contribution in [-0.2, 0) is 11.0 Å². The smallest absolute Gasteiger partial charge is 0.434 e. The quantitative estimate of drug-likeness (QED) is 0.564. The van der Waals surface area contributed by atoms with E-state index in [0.29, 0.717) is 25.2 Å². The molecule has 35 heavy (non-hydrogen) atoms. The second-order valence-electron chi connectivity index (χ2n) is 8.76. The van der Waals surface area contributed by atoms with E-state index in [4.69, 9.17) is 16.3 Å². The predicted octanol–water partition coefficient (Wildman–Crippen LogP) is 4.01. The fraction of sp³-hybridized carbons (Fsp3) is 0.455. The zero-order valence-electron chi connectivity index (χ0n) is 18.1. The third-order valence-corrected chi connectivity index (χ3v) is 6.78. The molecule has 3 aliphatic carbocycles. The zero-order chi connectivity index (χ0) is 25.4. The van der Waals surface area contributed by atoms with Crippen LogP contribution in [0.25, 0.3) is 0 Å². The van der Waals surface area contributed by atoms with E-state index in [1.165, 1.54) is 12.1 Å². The molecule has 3 saturated carbocycles. The van der Waals surface area contributed by atoms with Gasteiger partial charge in [0, 0.05) is 18.0 Å². The number of hydrogen-bond donors (Lipinski definition) is 2. The number of aromatic nitrogens is 2. The summed E-state index contributed by atoms with van der Waals surface area (Å²) in [7, 11) is 0. The van der Waals surface area contributed by atoms with E-state index < -0.39 is 53.4 Å². The largest absolute Gasteiger partial charge is 0.484 e. The van der Waals surface area contributed by atoms with Gasteiger partial charge in [-0.2, -0.15) is 13.2 Å². The number of carbonyl (C=O) groups excluding carboxylic acids is 2. The number of benzene rings is 1. The average molecular weight is 519 g/mol. The first-order valence-electron chi connectivity index (χ1n) is 10.7. The van der Waals surface area contributed by atoms with Crippen LogP contribution < -0.4 is 15.4 Å². The maximum Gasteiger partial charge on any atom is 0.434 e. The minimum Gasteiger partial charge on any atom is -0.484 e. The van der Waals surface area contributed by atoms with Crippen LogP contribution in [0.5, 0.6) is 5.75 Å². The average Bonchev–Trinajstić information content (AvgIpc) is 2.80. The normalized spacial score (nSPS) is 25.7. The molecule has 2 amide bonds. The molecule has 2 aromatic rings. The van der Waals surface area contributed by atoms with Crippen LogP contribution in [0.15, 0.2) is 30.6 Å². The standard InChI is InChI=1S/C22H20ClF5N4O3/c23-13-2-1-12(7-14(13)24)35-11-18(33)31-20-3-5-21(6-4-20,16(25)8-20)32-19(34)15-9-30-17(10-29-15)22(26,27)28/h1-2,7,9-10,16H,3-6,8,11H2,(H,31,33)(H,32,34). The third-order valence-electron chi connectivity index (χ3n) is 6.47. The maximum atomic E-state index is 15.2. The molecule has 1 unspecified atom stereocenters. The van der Waals surface area contributed by atoms with E-state index in [-0.39, 0.29) is 35.7 Å². The van der Waals surface area contributed by atoms with Crippen LogP contribution in [-0.4, -0.2) is 45.6 Å². The molecule has 5 rings (SSSR count). The van der Waals surface area contributed by atoms with Gasteiger partial charge in [-0.1, -0.05) is 11.6 Å². The minimum atomic E-state index is -4.69. The molecule has 2 N–H and O–H groups in total. The summed E-state index contributed by atoms with van der Waals surface area (Å²) in [6, 6.07) is 3.75. The third kappa shape index (κ3) is 5.31. The van der Waals surface area contributed by atoms with Gasteiger partial charge in [-0.15, -0.1) is 0 Å². The van der Waals surface area contributed by atoms with Gasteiger partial charge in [0.1, 0.15) is 23.4 Å². The molecule has 3 aliphatic rings. The Kier molecular flexibility index (Phi) is 6.60. The number of carbonyl (C=O) groups is 2. The highest BCUT2D eigenvalue weighted by Gasteiger charge is 2.56. The van der Waals surface area contributed by atoms with Crippen LogP contribution in [0.2, 0.25) is 5.02 Å². The van der Waals surface area contributed by atoms with Gasteiger partial charge in [-0.3, -0.25) is 9.59 Å². The Labute approximate surface area is 201 Å². The second kappa shape index (κ2) is 9.21. The summed E-state index contributed by atoms with van der Waals surface area (Å²) in [6.07, 6.45) is -3.97. The summed E-state index contributed by atoms with van der Waals surface area (Å²) in [5.41, 5.74) is -3.64. The lowest BCUT2D eigenvalue weighted by molar-refractivity contribution is -0.141. The lowest BCUT2D eigenvalue weighted by Crippen LogP contribution is -2.69. The van der Waals surface area contributed by atoms with E-state index in [9.17, 15) is 27.2 Å². The number of nitrogens with zero attached hydrogens (tertiary/aromatic N) is 2. The summed E-state index contributed by atoms with van der Waals surface area (Å²) >= 11 is 5.61. The van der Waals surface area contributed by atoms with Crippen LogP contribution in [0.1, 0.15) is 48.3 Å². The van der Waals surface area contributed by atoms with E-state index in [2.05, 4.69) is 20.6 Å². The number of amides is 2. The Morgan fingerprint density at radius 1 is 1.11 bits per heavy atom. The second-order valence-corrected chi connectivity index (χ2v) is 9.17. The Morgan fingerprint density at radius 2 is 1.83 bits per heavy atom. The molecule has 0 spiro atoms. The lowest BCUT2D eigenvalue weighted by atomic mass is 9.60. The lowest BCUT2D eigenvalue weighted by Gasteiger charge is -2.55. The van der Waals surface area contributed by atoms with Gasteiger partial charge in [0.25, 0.3) is 11.8 Å². The van der Waals surface area contributed by atoms with E-state index in [1.54, 1.807) is 0 Å². The maximum absolute atomic E-state index is 15.2. The van der Waals surface area contributed by atoms with Gasteiger partial charge in [0.2, 0.25) is 0 Å². The highest BCUT2D eigenvalue weighted by Crippen LogP contribution is 2.48. The van der Waals surface area contributed by atoms with Gasteiger partial charge < -0.3 is 15.4 Å². The Balaban J connectivity index is 1.34. The number of nitrogens with one attached hydrogen (secondary N) is 2. The molecule has 1 atom stereocenters. The minimum absolute atomic E-state index is 0.0622. The van der Waals surface area contributed by atoms with Gasteiger partial charge in [-0.25, -0.2) is 18.7 Å². The SMILES string of the molecule is O=C(COc1ccc(Cl)c(F)c1)NC12CCC(NC(=O)c3cnc(C(F)(F)F)cn3)(CC1)C(F)C2. The highest BCUT2D eigenvalue weighted by molar-refractivity contribution is 6.30. The fourth-order valence-corrected chi connectivity index (χ4v) is 4.66. The van der Waals surface area contributed by atoms with Crippen molar-refractivity contribution in [3.05, 3.63) is 52.8 Å². The molecule has 1 heterocycles. The van der Waals surface area contributed by atoms with Crippen LogP contribution in [0.4, 0.5) is 22.0 Å². The van der Waals surface area contributed by atoms with Crippen molar-refractivity contribution in [2.75, 3.05) is 6.61 Å². The van der Waals surface area contributed by atoms with Gasteiger partial charge in [0.05, 0.1) is 23.0 Å². The Hall–Kier alpha value is -3.02. The molecule has 0 aliphatic heterocycles. The molecular weight excluding hydrogens is 499 g/mol. The van der Waals surface area contributed by atoms with Crippen LogP contribution in [0, 0.1) is 5.82 Å². The molecule has 13 heteroatoms. The number of ether oxygens (including phenoxy) is 1. The van der Waals surface area contributed by atoms with Crippen molar-refractivity contribution in [1.29, 1.82) is 0 Å². The van der Waals surface area contributed by atoms with Crippen molar-refractivity contribution < 1.29 is 36.3 Å². The van der Waals surface area contributed by atoms with E-state index in [0.717, 1.165) is 6.07 Å². The van der Waals surface area contributed by atoms with Crippen molar-refractivity contribution in [2.24, 2.45) is 0 Å². The number of halogens is 6. The van der Waals surface area contributed by atoms with Crippen LogP contribution in [0.3, 0.4) is 0 Å². The summed E-state index contributed by atoms with van der Waals surface area (Å²) in [4.78, 5) is 31.7. The van der Waals surface area contributed by atoms with Crippen LogP contribution >= 0.6 is 11.6 Å². The topological polar surface area (TPSA) is 93.2 Å². The molecule has 0 radical (unpaired) electrons. The zero-order valence-corrected chi connectivity index (χ0v) is 18.8. The highest BCUT2D eigenvalue weighted by atomic mass is 35.5. The Morgan fingerprint density at radius 3 is 2.40 bits per heavy atom. The van der Waals surface area contributed by atoms with E-state index >= 15 is 4.39 Å². The molecule has 188 valence electrons. The molecule has 1 aromatic heterocycles. The van der Waals surface area contributed by atoms with E-state index in [1.807, 2.05) is 0 Å². The first kappa shape index (κ1) is 25.1. The van der Waals surface area contributed by atoms with Crippen molar-refractivity contribution in [3.63, 3.8) is 0 Å². The summed E-state index contributed by atoms with van der Waals surface area (Å²) < 4.78 is 71.9. The summed E-state index contributed by atoms with van der Waals surface area (Å²) in [5.74, 6) is -1.91. The number of rotatable bonds is 6. The van der Waals surface area contributed by atoms with Crippen molar-refractivity contribution in [3.8, 4) is 5.75 Å². The fourth-order valence-electron chi connectivity index (χ4n) is 4.54. The van der Waals surface area contributed by atoms with Gasteiger partial charge in [0.15, 0.2) is 12.3 Å². The molecule has 7 nitrogen and oxygen atoms in total. The monoisotopic (exact) mass is 518 g/mol. The number of alkyl halides is 4. The Bertz CT molecular complexity index is 1120. The molecule has 2 bridgehead atoms. The number of fused-ring (bicyclic) bond motifs is 3. The summed E-state index contributed by atoms with van der Waals surface area (Å²) in [6.45, 7) is -0.408. The van der Waals surface area contributed by atoms with Gasteiger partial charge >= 0.3 is 6.18 Å². The molecule has 1 aromatic carbocycles. The van der Waals surface area contributed by atoms with Crippen molar-refractivity contribution >= 4 is 23.4 Å². The number of hydrogen-bond acceptors (Lipinski definition) is 5. The molecule has 0 saturated heterocycles. The predicted molar refractivity (Wildman–Crippen MR) is 113 cm³/mol.